The van der Waals surface area contributed by atoms with Gasteiger partial charge in [0.1, 0.15) is 0 Å². The fourth-order valence-electron chi connectivity index (χ4n) is 1.99. The van der Waals surface area contributed by atoms with Gasteiger partial charge in [-0.25, -0.2) is 0 Å². The first-order valence-corrected chi connectivity index (χ1v) is 9.33. The number of hydrogen-bond donors (Lipinski definition) is 0. The minimum absolute atomic E-state index is 0.531. The summed E-state index contributed by atoms with van der Waals surface area (Å²) in [5.74, 6) is 1.00. The van der Waals surface area contributed by atoms with Gasteiger partial charge in [0.15, 0.2) is 0 Å². The molecular weight excluding hydrogens is 323 g/mol. The van der Waals surface area contributed by atoms with Crippen LogP contribution < -0.4 is 0 Å². The Hall–Kier alpha value is 0.540. The van der Waals surface area contributed by atoms with Gasteiger partial charge in [0, 0.05) is 0 Å². The van der Waals surface area contributed by atoms with Crippen molar-refractivity contribution < 1.29 is 20.9 Å². The normalized spacial score (nSPS) is 18.4. The fourth-order valence-corrected chi connectivity index (χ4v) is 1.99. The van der Waals surface area contributed by atoms with Crippen molar-refractivity contribution in [1.82, 2.24) is 0 Å². The second-order valence-corrected chi connectivity index (χ2v) is 6.25. The van der Waals surface area contributed by atoms with Crippen LogP contribution in [-0.4, -0.2) is 6.04 Å². The molecule has 2 rings (SSSR count). The van der Waals surface area contributed by atoms with Crippen LogP contribution in [0, 0.1) is 25.7 Å². The Morgan fingerprint density at radius 1 is 0.950 bits per heavy atom. The zero-order valence-electron chi connectivity index (χ0n) is 14.3. The smallest absolute Gasteiger partial charge is 0.0491 e. The fraction of sp³-hybridized carbons (Fsp3) is 0.833. The van der Waals surface area contributed by atoms with E-state index in [9.17, 15) is 0 Å². The topological polar surface area (TPSA) is 12.4 Å². The molecule has 0 unspecified atom stereocenters. The summed E-state index contributed by atoms with van der Waals surface area (Å²) in [7, 11) is 0. The Morgan fingerprint density at radius 3 is 1.50 bits per heavy atom. The molecule has 0 heterocycles. The first kappa shape index (κ1) is 22.8. The largest absolute Gasteiger partial charge is 0.346 e. The van der Waals surface area contributed by atoms with E-state index in [4.69, 9.17) is 0 Å². The predicted molar refractivity (Wildman–Crippen MR) is 87.9 cm³/mol. The second kappa shape index (κ2) is 19.5. The zero-order chi connectivity index (χ0) is 15.6. The van der Waals surface area contributed by atoms with E-state index in [0.717, 1.165) is 5.92 Å². The summed E-state index contributed by atoms with van der Waals surface area (Å²) in [5.41, 5.74) is 0. The molecule has 0 atom stereocenters. The maximum atomic E-state index is 3.94. The molecule has 121 valence electrons. The predicted octanol–water partition coefficient (Wildman–Crippen LogP) is 6.52. The number of hydrogen-bond acceptors (Lipinski definition) is 1. The average Bonchev–Trinajstić information content (AvgIpc) is 2.53. The third-order valence-electron chi connectivity index (χ3n) is 3.27. The van der Waals surface area contributed by atoms with Gasteiger partial charge < -0.3 is 19.8 Å². The van der Waals surface area contributed by atoms with E-state index in [1.807, 2.05) is 0 Å². The average molecular weight is 359 g/mol. The molecule has 2 aliphatic carbocycles. The van der Waals surface area contributed by atoms with Crippen LogP contribution in [0.4, 0.5) is 0 Å². The van der Waals surface area contributed by atoms with E-state index in [-0.39, 0.29) is 0 Å². The third kappa shape index (κ3) is 20.8. The summed E-state index contributed by atoms with van der Waals surface area (Å²) < 4.78 is 3.94. The Labute approximate surface area is 141 Å². The van der Waals surface area contributed by atoms with Gasteiger partial charge in [-0.2, -0.15) is 32.6 Å². The molecule has 0 N–H and O–H groups in total. The van der Waals surface area contributed by atoms with E-state index in [0.29, 0.717) is 6.04 Å². The van der Waals surface area contributed by atoms with E-state index in [1.54, 1.807) is 6.92 Å². The van der Waals surface area contributed by atoms with E-state index in [2.05, 4.69) is 43.9 Å². The van der Waals surface area contributed by atoms with Gasteiger partial charge in [-0.05, 0) is 5.92 Å². The van der Waals surface area contributed by atoms with Gasteiger partial charge in [-0.15, -0.1) is 0 Å². The first-order valence-electron chi connectivity index (χ1n) is 8.35. The van der Waals surface area contributed by atoms with Crippen molar-refractivity contribution in [3.63, 3.8) is 0 Å². The summed E-state index contributed by atoms with van der Waals surface area (Å²) >= 11 is 1.53. The van der Waals surface area contributed by atoms with Crippen LogP contribution in [0.15, 0.2) is 3.34 Å². The van der Waals surface area contributed by atoms with E-state index >= 15 is 0 Å². The summed E-state index contributed by atoms with van der Waals surface area (Å²) in [6.07, 6.45) is 17.5. The molecule has 2 aliphatic rings. The number of nitrogens with zero attached hydrogens (tertiary/aromatic N) is 1. The first-order chi connectivity index (χ1) is 9.66. The van der Waals surface area contributed by atoms with Gasteiger partial charge >= 0.3 is 44.1 Å². The van der Waals surface area contributed by atoms with Crippen LogP contribution in [0.1, 0.15) is 85.5 Å². The summed E-state index contributed by atoms with van der Waals surface area (Å²) in [4.78, 5) is 0. The number of rotatable bonds is 1. The summed E-state index contributed by atoms with van der Waals surface area (Å²) in [6, 6.07) is 0.531. The van der Waals surface area contributed by atoms with Crippen LogP contribution in [0.2, 0.25) is 0 Å². The maximum Gasteiger partial charge on any atom is -0.0491 e. The summed E-state index contributed by atoms with van der Waals surface area (Å²) in [6.45, 7) is 11.5. The van der Waals surface area contributed by atoms with E-state index in [1.165, 1.54) is 78.7 Å². The molecule has 1 nitrogen and oxygen atoms in total. The molecule has 0 bridgehead atoms. The molecular formula is C18H36NNb-3. The summed E-state index contributed by atoms with van der Waals surface area (Å²) in [5, 5.41) is 0. The van der Waals surface area contributed by atoms with Crippen molar-refractivity contribution in [3.8, 4) is 0 Å². The molecule has 20 heavy (non-hydrogen) atoms. The third-order valence-corrected chi connectivity index (χ3v) is 4.41. The van der Waals surface area contributed by atoms with Crippen molar-refractivity contribution in [2.45, 2.75) is 91.5 Å². The van der Waals surface area contributed by atoms with Crippen LogP contribution in [0.3, 0.4) is 0 Å². The van der Waals surface area contributed by atoms with Gasteiger partial charge in [0.2, 0.25) is 0 Å². The van der Waals surface area contributed by atoms with Gasteiger partial charge in [-0.3, -0.25) is 0 Å². The molecule has 0 aromatic heterocycles. The SMILES string of the molecule is CC(C)[N]=[Nb].CC1CC[CH-]CC1.[CH-]1CCCCC1.[CH2-]C. The van der Waals surface area contributed by atoms with Crippen LogP contribution in [0.5, 0.6) is 0 Å². The molecule has 0 radical (unpaired) electrons. The second-order valence-electron chi connectivity index (χ2n) is 5.68. The van der Waals surface area contributed by atoms with Crippen LogP contribution >= 0.6 is 0 Å². The molecule has 0 spiro atoms. The Morgan fingerprint density at radius 2 is 1.35 bits per heavy atom. The van der Waals surface area contributed by atoms with Crippen molar-refractivity contribution in [2.24, 2.45) is 9.26 Å². The molecule has 0 aromatic rings. The molecule has 2 saturated carbocycles. The Kier molecular flexibility index (Phi) is 22.3. The Balaban J connectivity index is 0. The minimum Gasteiger partial charge on any atom is -0.346 e. The zero-order valence-corrected chi connectivity index (χ0v) is 16.5. The maximum absolute atomic E-state index is 3.94. The molecule has 0 aromatic carbocycles. The van der Waals surface area contributed by atoms with Gasteiger partial charge in [-0.1, -0.05) is 39.0 Å². The standard InChI is InChI=1S/C7H13.C6H11.C3H7N.C2H5.Nb/c1-7-5-3-2-4-6-7;1-2-4-6-5-3-1;1-3(2)4;1-2;/h2,7H,3-6H2,1H3;1H,2-6H2;3H,1-2H3;1H2,2H3;/q2*-1;;-1;. The van der Waals surface area contributed by atoms with Crippen molar-refractivity contribution >= 4 is 0 Å². The Bertz CT molecular complexity index is 159. The molecule has 2 heteroatoms. The quantitative estimate of drug-likeness (QED) is 0.373. The molecule has 0 saturated heterocycles. The minimum atomic E-state index is 0.531. The van der Waals surface area contributed by atoms with Crippen molar-refractivity contribution in [2.75, 3.05) is 0 Å². The van der Waals surface area contributed by atoms with E-state index < -0.39 is 0 Å². The monoisotopic (exact) mass is 359 g/mol. The molecule has 2 fully saturated rings. The van der Waals surface area contributed by atoms with Gasteiger partial charge in [0.25, 0.3) is 0 Å². The van der Waals surface area contributed by atoms with Gasteiger partial charge in [0.05, 0.1) is 0 Å². The molecule has 0 aliphatic heterocycles. The molecule has 0 amide bonds. The van der Waals surface area contributed by atoms with Crippen LogP contribution in [0.25, 0.3) is 0 Å². The van der Waals surface area contributed by atoms with Crippen LogP contribution in [-0.2, 0) is 20.9 Å². The van der Waals surface area contributed by atoms with Crippen molar-refractivity contribution in [1.29, 1.82) is 0 Å². The van der Waals surface area contributed by atoms with Crippen molar-refractivity contribution in [3.05, 3.63) is 19.8 Å².